The van der Waals surface area contributed by atoms with E-state index >= 15 is 0 Å². The van der Waals surface area contributed by atoms with Gasteiger partial charge in [0.05, 0.1) is 35.3 Å². The number of halogens is 2. The van der Waals surface area contributed by atoms with E-state index in [2.05, 4.69) is 46.4 Å². The molecule has 0 aliphatic rings. The summed E-state index contributed by atoms with van der Waals surface area (Å²) in [7, 11) is 0. The summed E-state index contributed by atoms with van der Waals surface area (Å²) < 4.78 is 2.50. The Bertz CT molecular complexity index is 738. The van der Waals surface area contributed by atoms with E-state index in [9.17, 15) is 0 Å². The second-order valence-electron chi connectivity index (χ2n) is 4.33. The average Bonchev–Trinajstić information content (AvgIpc) is 3.00. The summed E-state index contributed by atoms with van der Waals surface area (Å²) >= 11 is 3.52. The van der Waals surface area contributed by atoms with Crippen LogP contribution in [0.1, 0.15) is 10.0 Å². The fourth-order valence-electron chi connectivity index (χ4n) is 2.12. The molecule has 114 valence electrons. The van der Waals surface area contributed by atoms with Gasteiger partial charge in [0, 0.05) is 0 Å². The molecule has 0 atom stereocenters. The van der Waals surface area contributed by atoms with Gasteiger partial charge in [0.15, 0.2) is 0 Å². The van der Waals surface area contributed by atoms with E-state index in [1.165, 1.54) is 9.40 Å². The number of aromatic nitrogens is 2. The molecule has 0 unspecified atom stereocenters. The van der Waals surface area contributed by atoms with Gasteiger partial charge in [-0.2, -0.15) is 0 Å². The van der Waals surface area contributed by atoms with Crippen molar-refractivity contribution in [3.05, 3.63) is 58.5 Å². The van der Waals surface area contributed by atoms with Crippen molar-refractivity contribution in [2.24, 2.45) is 0 Å². The molecular weight excluding hydrogens is 321 g/mol. The van der Waals surface area contributed by atoms with E-state index in [0.29, 0.717) is 0 Å². The van der Waals surface area contributed by atoms with Crippen LogP contribution in [-0.2, 0) is 6.42 Å². The predicted molar refractivity (Wildman–Crippen MR) is 97.0 cm³/mol. The summed E-state index contributed by atoms with van der Waals surface area (Å²) in [5.74, 6) is 0. The van der Waals surface area contributed by atoms with Crippen LogP contribution in [0.5, 0.6) is 0 Å². The molecule has 0 aliphatic heterocycles. The van der Waals surface area contributed by atoms with Crippen LogP contribution >= 0.6 is 22.7 Å². The second-order valence-corrected chi connectivity index (χ2v) is 6.56. The molecule has 0 fully saturated rings. The highest BCUT2D eigenvalue weighted by Gasteiger charge is 2.08. The Labute approximate surface area is 136 Å². The average molecular weight is 336 g/mol. The van der Waals surface area contributed by atoms with Crippen molar-refractivity contribution in [3.63, 3.8) is 0 Å². The molecule has 0 amide bonds. The first-order chi connectivity index (χ1) is 9.38. The van der Waals surface area contributed by atoms with Crippen molar-refractivity contribution in [2.75, 3.05) is 0 Å². The highest BCUT2D eigenvalue weighted by Crippen LogP contribution is 2.27. The highest BCUT2D eigenvalue weighted by molar-refractivity contribution is 7.20. The smallest absolute Gasteiger partial charge is 0.101 e. The van der Waals surface area contributed by atoms with Crippen LogP contribution < -0.4 is 0 Å². The highest BCUT2D eigenvalue weighted by atomic mass is 32.1. The molecule has 2 nitrogen and oxygen atoms in total. The summed E-state index contributed by atoms with van der Waals surface area (Å²) in [5.41, 5.74) is 2.17. The van der Waals surface area contributed by atoms with Crippen molar-refractivity contribution >= 4 is 51.5 Å². The topological polar surface area (TPSA) is 25.8 Å². The first-order valence-corrected chi connectivity index (χ1v) is 7.71. The summed E-state index contributed by atoms with van der Waals surface area (Å²) in [4.78, 5) is 9.33. The molecule has 0 saturated heterocycles. The van der Waals surface area contributed by atoms with Gasteiger partial charge in [0.1, 0.15) is 10.0 Å². The van der Waals surface area contributed by atoms with Gasteiger partial charge in [0.25, 0.3) is 0 Å². The van der Waals surface area contributed by atoms with Gasteiger partial charge in [-0.3, -0.25) is 9.41 Å². The van der Waals surface area contributed by atoms with Gasteiger partial charge >= 0.3 is 0 Å². The molecule has 0 saturated carbocycles. The molecule has 4 aromatic rings. The first kappa shape index (κ1) is 18.2. The number of nitrogens with zero attached hydrogens (tertiary/aromatic N) is 2. The van der Waals surface area contributed by atoms with E-state index < -0.39 is 0 Å². The van der Waals surface area contributed by atoms with Crippen molar-refractivity contribution in [1.82, 2.24) is 9.97 Å². The Hall–Kier alpha value is -1.86. The third-order valence-electron chi connectivity index (χ3n) is 2.98. The van der Waals surface area contributed by atoms with Crippen molar-refractivity contribution in [1.29, 1.82) is 0 Å². The van der Waals surface area contributed by atoms with Crippen molar-refractivity contribution in [3.8, 4) is 0 Å². The molecular formula is C15H15BF2N2S2. The van der Waals surface area contributed by atoms with Gasteiger partial charge in [-0.1, -0.05) is 24.3 Å². The number of benzene rings is 2. The fraction of sp³-hybridized carbons (Fsp3) is 0.0667. The molecule has 0 N–H and O–H groups in total. The first-order valence-electron chi connectivity index (χ1n) is 6.07. The number of rotatable bonds is 2. The summed E-state index contributed by atoms with van der Waals surface area (Å²) in [6, 6.07) is 16.5. The summed E-state index contributed by atoms with van der Waals surface area (Å²) in [6.07, 6.45) is 0.832. The van der Waals surface area contributed by atoms with E-state index in [0.717, 1.165) is 27.5 Å². The molecule has 0 radical (unpaired) electrons. The molecule has 2 aromatic carbocycles. The predicted octanol–water partition coefficient (Wildman–Crippen LogP) is 3.62. The Morgan fingerprint density at radius 3 is 1.50 bits per heavy atom. The maximum Gasteiger partial charge on any atom is 0.101 e. The van der Waals surface area contributed by atoms with E-state index in [1.54, 1.807) is 22.7 Å². The molecule has 2 aromatic heterocycles. The van der Waals surface area contributed by atoms with E-state index in [1.807, 2.05) is 12.1 Å². The molecule has 0 aliphatic carbocycles. The summed E-state index contributed by atoms with van der Waals surface area (Å²) in [6.45, 7) is 0. The molecule has 7 heteroatoms. The molecule has 2 heterocycles. The minimum atomic E-state index is 0. The van der Waals surface area contributed by atoms with Crippen LogP contribution in [-0.4, -0.2) is 18.4 Å². The minimum Gasteiger partial charge on any atom is -0.269 e. The van der Waals surface area contributed by atoms with Gasteiger partial charge in [0.2, 0.25) is 0 Å². The Morgan fingerprint density at radius 2 is 1.09 bits per heavy atom. The van der Waals surface area contributed by atoms with Gasteiger partial charge in [-0.15, -0.1) is 22.7 Å². The fourth-order valence-corrected chi connectivity index (χ4v) is 4.16. The van der Waals surface area contributed by atoms with Gasteiger partial charge in [-0.25, -0.2) is 9.97 Å². The van der Waals surface area contributed by atoms with Crippen LogP contribution in [0.25, 0.3) is 20.4 Å². The van der Waals surface area contributed by atoms with Crippen LogP contribution in [0.15, 0.2) is 48.5 Å². The zero-order valence-corrected chi connectivity index (χ0v) is 12.5. The Morgan fingerprint density at radius 1 is 0.682 bits per heavy atom. The van der Waals surface area contributed by atoms with Crippen LogP contribution in [0, 0.1) is 0 Å². The van der Waals surface area contributed by atoms with Gasteiger partial charge in [-0.05, 0) is 24.3 Å². The van der Waals surface area contributed by atoms with E-state index in [-0.39, 0.29) is 17.8 Å². The summed E-state index contributed by atoms with van der Waals surface area (Å²) in [5, 5.41) is 2.28. The quantitative estimate of drug-likeness (QED) is 0.523. The molecule has 0 bridgehead atoms. The maximum atomic E-state index is 4.66. The third kappa shape index (κ3) is 3.31. The lowest BCUT2D eigenvalue weighted by molar-refractivity contribution is 1.11. The number of hydrogen-bond acceptors (Lipinski definition) is 4. The number of hydrogen-bond donors (Lipinski definition) is 0. The second kappa shape index (κ2) is 7.42. The molecule has 4 rings (SSSR count). The Kier molecular flexibility index (Phi) is 6.14. The normalized spacial score (nSPS) is 9.82. The van der Waals surface area contributed by atoms with Gasteiger partial charge < -0.3 is 0 Å². The largest absolute Gasteiger partial charge is 0.269 e. The standard InChI is InChI=1S/C15H10N2S2.BH3.2FH/c1-3-7-12-10(5-1)16-14(18-12)9-15-17-11-6-2-4-8-13(11)19-15;;;/h1-8H,9H2;1H3;2*1H. The molecule has 22 heavy (non-hydrogen) atoms. The zero-order chi connectivity index (χ0) is 12.7. The third-order valence-corrected chi connectivity index (χ3v) is 5.05. The Balaban J connectivity index is 0.000000807. The SMILES string of the molecule is B.F.F.c1ccc2sc(Cc3nc4ccccc4s3)nc2c1. The van der Waals surface area contributed by atoms with Crippen molar-refractivity contribution in [2.45, 2.75) is 6.42 Å². The number of thiazole rings is 2. The van der Waals surface area contributed by atoms with Crippen LogP contribution in [0.2, 0.25) is 0 Å². The van der Waals surface area contributed by atoms with Crippen LogP contribution in [0.3, 0.4) is 0 Å². The van der Waals surface area contributed by atoms with E-state index in [4.69, 9.17) is 0 Å². The number of fused-ring (bicyclic) bond motifs is 2. The minimum absolute atomic E-state index is 0. The van der Waals surface area contributed by atoms with Crippen molar-refractivity contribution < 1.29 is 9.41 Å². The monoisotopic (exact) mass is 336 g/mol. The molecule has 0 spiro atoms. The lowest BCUT2D eigenvalue weighted by atomic mass is 10.3. The van der Waals surface area contributed by atoms with Crippen LogP contribution in [0.4, 0.5) is 9.41 Å². The lowest BCUT2D eigenvalue weighted by Crippen LogP contribution is -1.84. The maximum absolute atomic E-state index is 4.66. The number of para-hydroxylation sites is 2. The lowest BCUT2D eigenvalue weighted by Gasteiger charge is -1.88. The zero-order valence-electron chi connectivity index (χ0n) is 10.9.